The molecule has 0 fully saturated rings. The summed E-state index contributed by atoms with van der Waals surface area (Å²) >= 11 is 0. The zero-order valence-electron chi connectivity index (χ0n) is 30.9. The second-order valence-electron chi connectivity index (χ2n) is 15.6. The van der Waals surface area contributed by atoms with Gasteiger partial charge in [-0.15, -0.1) is 0 Å². The van der Waals surface area contributed by atoms with Gasteiger partial charge in [0.25, 0.3) is 0 Å². The molecule has 0 saturated heterocycles. The van der Waals surface area contributed by atoms with Gasteiger partial charge in [0.15, 0.2) is 17.5 Å². The fraction of sp³-hybridized carbons (Fsp3) is 0.0816. The van der Waals surface area contributed by atoms with E-state index in [9.17, 15) is 0 Å². The average Bonchev–Trinajstić information content (AvgIpc) is 3.60. The van der Waals surface area contributed by atoms with Crippen LogP contribution in [-0.4, -0.2) is 31.1 Å². The van der Waals surface area contributed by atoms with Gasteiger partial charge in [-0.05, 0) is 77.4 Å². The first-order valence-electron chi connectivity index (χ1n) is 18.8. The highest BCUT2D eigenvalue weighted by molar-refractivity contribution is 7.04. The lowest BCUT2D eigenvalue weighted by molar-refractivity contribution is 1.08. The molecular formula is C49H39N3Si2. The lowest BCUT2D eigenvalue weighted by Gasteiger charge is -2.19. The maximum atomic E-state index is 5.47. The van der Waals surface area contributed by atoms with Crippen molar-refractivity contribution in [3.63, 3.8) is 0 Å². The number of nitrogens with zero attached hydrogens (tertiary/aromatic N) is 3. The zero-order valence-corrected chi connectivity index (χ0v) is 32.9. The van der Waals surface area contributed by atoms with Crippen LogP contribution in [0, 0.1) is 0 Å². The Hall–Kier alpha value is -6.02. The molecule has 0 atom stereocenters. The van der Waals surface area contributed by atoms with E-state index in [2.05, 4.69) is 184 Å². The van der Waals surface area contributed by atoms with E-state index in [1.807, 2.05) is 6.07 Å². The number of hydrogen-bond donors (Lipinski definition) is 0. The van der Waals surface area contributed by atoms with Gasteiger partial charge in [-0.3, -0.25) is 0 Å². The summed E-state index contributed by atoms with van der Waals surface area (Å²) in [6, 6.07) is 59.4. The topological polar surface area (TPSA) is 38.7 Å². The van der Waals surface area contributed by atoms with E-state index in [0.717, 1.165) is 16.7 Å². The highest BCUT2D eigenvalue weighted by atomic mass is 28.3. The second kappa shape index (κ2) is 12.3. The van der Waals surface area contributed by atoms with Crippen LogP contribution in [0.2, 0.25) is 26.2 Å². The Morgan fingerprint density at radius 3 is 1.11 bits per heavy atom. The molecule has 0 amide bonds. The van der Waals surface area contributed by atoms with Crippen molar-refractivity contribution in [2.75, 3.05) is 0 Å². The summed E-state index contributed by atoms with van der Waals surface area (Å²) in [5.41, 5.74) is 13.1. The molecule has 5 heteroatoms. The molecule has 2 aliphatic rings. The molecule has 1 aromatic heterocycles. The summed E-state index contributed by atoms with van der Waals surface area (Å²) < 4.78 is 0. The fourth-order valence-electron chi connectivity index (χ4n) is 8.94. The molecule has 0 saturated carbocycles. The third-order valence-electron chi connectivity index (χ3n) is 11.8. The van der Waals surface area contributed by atoms with E-state index < -0.39 is 16.1 Å². The van der Waals surface area contributed by atoms with Crippen molar-refractivity contribution in [1.82, 2.24) is 15.0 Å². The molecule has 0 bridgehead atoms. The van der Waals surface area contributed by atoms with Gasteiger partial charge in [0, 0.05) is 16.7 Å². The standard InChI is InChI=1S/C49H39N3Si2/c1-53(2)41-28-26-35(32-16-8-5-9-17-32)30-39(41)45-37(22-14-24-43(45)53)48-50-47(34-20-12-7-13-21-34)51-49(52-48)38-23-15-25-44-46(38)40-31-36(33-18-10-6-11-19-33)27-29-42(40)54(44,3)4/h5-31H,1-4H3. The Morgan fingerprint density at radius 1 is 0.296 bits per heavy atom. The molecule has 258 valence electrons. The minimum Gasteiger partial charge on any atom is -0.208 e. The van der Waals surface area contributed by atoms with Crippen LogP contribution in [-0.2, 0) is 0 Å². The molecule has 0 radical (unpaired) electrons. The molecule has 0 aliphatic carbocycles. The van der Waals surface area contributed by atoms with Crippen LogP contribution < -0.4 is 20.7 Å². The smallest absolute Gasteiger partial charge is 0.164 e. The Labute approximate surface area is 319 Å². The molecular weight excluding hydrogens is 687 g/mol. The maximum absolute atomic E-state index is 5.47. The number of aromatic nitrogens is 3. The molecule has 10 rings (SSSR count). The Morgan fingerprint density at radius 2 is 0.685 bits per heavy atom. The molecule has 0 N–H and O–H groups in total. The zero-order chi connectivity index (χ0) is 36.6. The largest absolute Gasteiger partial charge is 0.208 e. The van der Waals surface area contributed by atoms with Crippen molar-refractivity contribution >= 4 is 36.9 Å². The molecule has 54 heavy (non-hydrogen) atoms. The van der Waals surface area contributed by atoms with Crippen LogP contribution in [0.15, 0.2) is 164 Å². The van der Waals surface area contributed by atoms with Gasteiger partial charge in [-0.1, -0.05) is 178 Å². The summed E-state index contributed by atoms with van der Waals surface area (Å²) in [5, 5.41) is 5.78. The first kappa shape index (κ1) is 32.6. The van der Waals surface area contributed by atoms with E-state index >= 15 is 0 Å². The highest BCUT2D eigenvalue weighted by Crippen LogP contribution is 2.41. The number of benzene rings is 7. The van der Waals surface area contributed by atoms with Crippen LogP contribution in [0.1, 0.15) is 0 Å². The number of hydrogen-bond acceptors (Lipinski definition) is 3. The third kappa shape index (κ3) is 5.03. The van der Waals surface area contributed by atoms with Crippen LogP contribution in [0.25, 0.3) is 78.7 Å². The Kier molecular flexibility index (Phi) is 7.41. The normalized spacial score (nSPS) is 14.2. The molecule has 3 heterocycles. The summed E-state index contributed by atoms with van der Waals surface area (Å²) in [6.07, 6.45) is 0. The minimum atomic E-state index is -1.99. The van der Waals surface area contributed by atoms with Crippen LogP contribution in [0.3, 0.4) is 0 Å². The first-order valence-corrected chi connectivity index (χ1v) is 24.8. The van der Waals surface area contributed by atoms with Gasteiger partial charge in [-0.2, -0.15) is 0 Å². The first-order chi connectivity index (χ1) is 26.3. The van der Waals surface area contributed by atoms with E-state index in [1.54, 1.807) is 0 Å². The lowest BCUT2D eigenvalue weighted by atomic mass is 9.95. The maximum Gasteiger partial charge on any atom is 0.164 e. The SMILES string of the molecule is C[Si]1(C)c2ccc(-c3ccccc3)cc2-c2c(-c3nc(-c4ccccc4)nc(-c4cccc5c4-c4cc(-c6ccccc6)ccc4[Si]5(C)C)n3)cccc21. The van der Waals surface area contributed by atoms with Crippen molar-refractivity contribution in [3.05, 3.63) is 164 Å². The average molecular weight is 726 g/mol. The molecule has 2 aliphatic heterocycles. The number of rotatable bonds is 5. The second-order valence-corrected chi connectivity index (χ2v) is 24.3. The quantitative estimate of drug-likeness (QED) is 0.166. The predicted octanol–water partition coefficient (Wildman–Crippen LogP) is 9.81. The molecule has 3 nitrogen and oxygen atoms in total. The fourth-order valence-corrected chi connectivity index (χ4v) is 15.1. The summed E-state index contributed by atoms with van der Waals surface area (Å²) in [5.74, 6) is 2.11. The predicted molar refractivity (Wildman–Crippen MR) is 231 cm³/mol. The van der Waals surface area contributed by atoms with Gasteiger partial charge >= 0.3 is 0 Å². The van der Waals surface area contributed by atoms with Crippen molar-refractivity contribution < 1.29 is 0 Å². The van der Waals surface area contributed by atoms with Crippen LogP contribution in [0.4, 0.5) is 0 Å². The van der Waals surface area contributed by atoms with Crippen molar-refractivity contribution in [3.8, 4) is 78.7 Å². The van der Waals surface area contributed by atoms with E-state index in [1.165, 1.54) is 65.3 Å². The number of fused-ring (bicyclic) bond motifs is 6. The van der Waals surface area contributed by atoms with Crippen molar-refractivity contribution in [1.29, 1.82) is 0 Å². The summed E-state index contributed by atoms with van der Waals surface area (Å²) in [7, 11) is -3.99. The van der Waals surface area contributed by atoms with E-state index in [4.69, 9.17) is 15.0 Å². The van der Waals surface area contributed by atoms with E-state index in [0.29, 0.717) is 17.5 Å². The molecule has 0 spiro atoms. The summed E-state index contributed by atoms with van der Waals surface area (Å²) in [4.78, 5) is 16.1. The highest BCUT2D eigenvalue weighted by Gasteiger charge is 2.41. The molecule has 0 unspecified atom stereocenters. The summed E-state index contributed by atoms with van der Waals surface area (Å²) in [6.45, 7) is 9.88. The monoisotopic (exact) mass is 725 g/mol. The Bertz CT molecular complexity index is 2590. The van der Waals surface area contributed by atoms with Gasteiger partial charge < -0.3 is 0 Å². The third-order valence-corrected chi connectivity index (χ3v) is 18.9. The van der Waals surface area contributed by atoms with Crippen molar-refractivity contribution in [2.24, 2.45) is 0 Å². The van der Waals surface area contributed by atoms with Gasteiger partial charge in [-0.25, -0.2) is 15.0 Å². The van der Waals surface area contributed by atoms with Gasteiger partial charge in [0.05, 0.1) is 0 Å². The van der Waals surface area contributed by atoms with E-state index in [-0.39, 0.29) is 0 Å². The Balaban J connectivity index is 1.21. The van der Waals surface area contributed by atoms with Crippen molar-refractivity contribution in [2.45, 2.75) is 26.2 Å². The molecule has 8 aromatic rings. The van der Waals surface area contributed by atoms with Gasteiger partial charge in [0.1, 0.15) is 16.1 Å². The van der Waals surface area contributed by atoms with Gasteiger partial charge in [0.2, 0.25) is 0 Å². The van der Waals surface area contributed by atoms with Crippen LogP contribution >= 0.6 is 0 Å². The van der Waals surface area contributed by atoms with Crippen LogP contribution in [0.5, 0.6) is 0 Å². The lowest BCUT2D eigenvalue weighted by Crippen LogP contribution is -2.49. The molecule has 7 aromatic carbocycles. The minimum absolute atomic E-state index is 0.686.